The van der Waals surface area contributed by atoms with E-state index in [2.05, 4.69) is 37.9 Å². The fourth-order valence-corrected chi connectivity index (χ4v) is 2.59. The number of rotatable bonds is 4. The van der Waals surface area contributed by atoms with E-state index in [9.17, 15) is 0 Å². The van der Waals surface area contributed by atoms with Gasteiger partial charge in [-0.25, -0.2) is 4.98 Å². The number of piperazine rings is 1. The zero-order chi connectivity index (χ0) is 13.1. The van der Waals surface area contributed by atoms with E-state index in [0.717, 1.165) is 50.4 Å². The maximum Gasteiger partial charge on any atom is 0.113 e. The van der Waals surface area contributed by atoms with Crippen molar-refractivity contribution in [3.63, 3.8) is 0 Å². The van der Waals surface area contributed by atoms with Gasteiger partial charge in [0.15, 0.2) is 0 Å². The van der Waals surface area contributed by atoms with Gasteiger partial charge in [0.1, 0.15) is 5.82 Å². The number of hydrogen-bond donors (Lipinski definition) is 2. The molecule has 5 heteroatoms. The number of aromatic nitrogens is 2. The zero-order valence-electron chi connectivity index (χ0n) is 11.0. The third kappa shape index (κ3) is 2.57. The minimum atomic E-state index is 0.216. The fourth-order valence-electron chi connectivity index (χ4n) is 2.59. The average molecular weight is 260 g/mol. The van der Waals surface area contributed by atoms with Gasteiger partial charge in [0.25, 0.3) is 0 Å². The van der Waals surface area contributed by atoms with Gasteiger partial charge in [0.2, 0.25) is 0 Å². The Balaban J connectivity index is 1.85. The molecule has 2 aromatic rings. The van der Waals surface area contributed by atoms with Crippen molar-refractivity contribution in [3.05, 3.63) is 30.4 Å². The van der Waals surface area contributed by atoms with Gasteiger partial charge < -0.3 is 19.7 Å². The minimum absolute atomic E-state index is 0.216. The quantitative estimate of drug-likeness (QED) is 0.848. The Kier molecular flexibility index (Phi) is 3.66. The predicted molar refractivity (Wildman–Crippen MR) is 75.7 cm³/mol. The van der Waals surface area contributed by atoms with Crippen LogP contribution in [0.2, 0.25) is 0 Å². The molecule has 1 fully saturated rings. The topological polar surface area (TPSA) is 52.8 Å². The molecule has 3 heterocycles. The molecule has 1 aliphatic heterocycles. The molecule has 5 nitrogen and oxygen atoms in total. The van der Waals surface area contributed by atoms with Gasteiger partial charge in [0.05, 0.1) is 11.7 Å². The fraction of sp³-hybridized carbons (Fsp3) is 0.500. The number of hydrogen-bond acceptors (Lipinski definition) is 4. The van der Waals surface area contributed by atoms with Crippen LogP contribution in [0.1, 0.15) is 12.2 Å². The summed E-state index contributed by atoms with van der Waals surface area (Å²) in [6.07, 6.45) is 5.58. The molecule has 3 rings (SSSR count). The maximum absolute atomic E-state index is 8.90. The van der Waals surface area contributed by atoms with Crippen molar-refractivity contribution in [2.45, 2.75) is 12.8 Å². The van der Waals surface area contributed by atoms with Crippen LogP contribution in [-0.2, 0) is 6.42 Å². The summed E-state index contributed by atoms with van der Waals surface area (Å²) in [5, 5.41) is 12.3. The number of aryl methyl sites for hydroxylation is 1. The lowest BCUT2D eigenvalue weighted by Crippen LogP contribution is -2.43. The first-order chi connectivity index (χ1) is 9.38. The van der Waals surface area contributed by atoms with Gasteiger partial charge in [0, 0.05) is 51.1 Å². The molecular formula is C14H20N4O. The van der Waals surface area contributed by atoms with Gasteiger partial charge in [-0.05, 0) is 18.6 Å². The number of aliphatic hydroxyl groups excluding tert-OH is 1. The highest BCUT2D eigenvalue weighted by atomic mass is 16.2. The highest BCUT2D eigenvalue weighted by Crippen LogP contribution is 2.19. The third-order valence-corrected chi connectivity index (χ3v) is 3.63. The summed E-state index contributed by atoms with van der Waals surface area (Å²) in [7, 11) is 0. The highest BCUT2D eigenvalue weighted by Gasteiger charge is 2.11. The van der Waals surface area contributed by atoms with Crippen molar-refractivity contribution in [2.24, 2.45) is 0 Å². The number of nitrogens with zero attached hydrogens (tertiary/aromatic N) is 3. The number of nitrogens with one attached hydrogen (secondary N) is 1. The molecular weight excluding hydrogens is 240 g/mol. The Morgan fingerprint density at radius 1 is 1.32 bits per heavy atom. The number of fused-ring (bicyclic) bond motifs is 1. The van der Waals surface area contributed by atoms with E-state index in [0.29, 0.717) is 0 Å². The van der Waals surface area contributed by atoms with E-state index >= 15 is 0 Å². The van der Waals surface area contributed by atoms with Crippen LogP contribution in [0.4, 0.5) is 5.69 Å². The van der Waals surface area contributed by atoms with Gasteiger partial charge in [-0.1, -0.05) is 0 Å². The van der Waals surface area contributed by atoms with Crippen molar-refractivity contribution in [1.29, 1.82) is 0 Å². The molecule has 2 aromatic heterocycles. The Morgan fingerprint density at radius 3 is 2.95 bits per heavy atom. The second-order valence-corrected chi connectivity index (χ2v) is 4.92. The normalized spacial score (nSPS) is 16.2. The van der Waals surface area contributed by atoms with E-state index in [1.165, 1.54) is 5.69 Å². The molecule has 1 saturated heterocycles. The van der Waals surface area contributed by atoms with Gasteiger partial charge in [-0.15, -0.1) is 0 Å². The lowest BCUT2D eigenvalue weighted by molar-refractivity contribution is 0.287. The molecule has 1 aliphatic rings. The van der Waals surface area contributed by atoms with Crippen molar-refractivity contribution in [2.75, 3.05) is 37.7 Å². The van der Waals surface area contributed by atoms with Crippen molar-refractivity contribution >= 4 is 11.2 Å². The molecule has 2 N–H and O–H groups in total. The predicted octanol–water partition coefficient (Wildman–Crippen LogP) is 0.669. The number of aliphatic hydroxyl groups is 1. The molecule has 0 atom stereocenters. The summed E-state index contributed by atoms with van der Waals surface area (Å²) >= 11 is 0. The molecule has 0 amide bonds. The van der Waals surface area contributed by atoms with Crippen LogP contribution >= 0.6 is 0 Å². The standard InChI is InChI=1S/C14H20N4O/c19-9-1-2-14-16-11-13-10-12(3-6-18(13)14)17-7-4-15-5-8-17/h3,6,10-11,15,19H,1-2,4-5,7-9H2. The molecule has 0 unspecified atom stereocenters. The van der Waals surface area contributed by atoms with Crippen molar-refractivity contribution in [3.8, 4) is 0 Å². The van der Waals surface area contributed by atoms with E-state index in [1.807, 2.05) is 6.20 Å². The molecule has 0 aliphatic carbocycles. The first kappa shape index (κ1) is 12.4. The van der Waals surface area contributed by atoms with E-state index < -0.39 is 0 Å². The Bertz CT molecular complexity index is 545. The summed E-state index contributed by atoms with van der Waals surface area (Å²) in [6.45, 7) is 4.43. The number of pyridine rings is 1. The van der Waals surface area contributed by atoms with Crippen molar-refractivity contribution < 1.29 is 5.11 Å². The Morgan fingerprint density at radius 2 is 2.16 bits per heavy atom. The molecule has 0 spiro atoms. The monoisotopic (exact) mass is 260 g/mol. The van der Waals surface area contributed by atoms with E-state index in [4.69, 9.17) is 5.11 Å². The Hall–Kier alpha value is -1.59. The van der Waals surface area contributed by atoms with E-state index in [1.54, 1.807) is 0 Å². The summed E-state index contributed by atoms with van der Waals surface area (Å²) in [5.41, 5.74) is 2.39. The maximum atomic E-state index is 8.90. The molecule has 0 aromatic carbocycles. The SMILES string of the molecule is OCCCc1ncc2cc(N3CCNCC3)ccn12. The second kappa shape index (κ2) is 5.59. The van der Waals surface area contributed by atoms with Crippen LogP contribution in [0.25, 0.3) is 5.52 Å². The summed E-state index contributed by atoms with van der Waals surface area (Å²) < 4.78 is 2.11. The smallest absolute Gasteiger partial charge is 0.113 e. The van der Waals surface area contributed by atoms with Gasteiger partial charge >= 0.3 is 0 Å². The largest absolute Gasteiger partial charge is 0.396 e. The average Bonchev–Trinajstić information content (AvgIpc) is 2.88. The first-order valence-corrected chi connectivity index (χ1v) is 6.91. The Labute approximate surface area is 112 Å². The highest BCUT2D eigenvalue weighted by molar-refractivity contribution is 5.59. The van der Waals surface area contributed by atoms with Crippen LogP contribution < -0.4 is 10.2 Å². The molecule has 19 heavy (non-hydrogen) atoms. The molecule has 0 radical (unpaired) electrons. The van der Waals surface area contributed by atoms with Gasteiger partial charge in [-0.2, -0.15) is 0 Å². The lowest BCUT2D eigenvalue weighted by Gasteiger charge is -2.29. The van der Waals surface area contributed by atoms with Crippen LogP contribution in [0.15, 0.2) is 24.5 Å². The van der Waals surface area contributed by atoms with E-state index in [-0.39, 0.29) is 6.61 Å². The second-order valence-electron chi connectivity index (χ2n) is 4.92. The first-order valence-electron chi connectivity index (χ1n) is 6.91. The lowest BCUT2D eigenvalue weighted by atomic mass is 10.2. The number of anilines is 1. The van der Waals surface area contributed by atoms with Crippen molar-refractivity contribution in [1.82, 2.24) is 14.7 Å². The van der Waals surface area contributed by atoms with Gasteiger partial charge in [-0.3, -0.25) is 0 Å². The molecule has 102 valence electrons. The molecule has 0 saturated carbocycles. The number of imidazole rings is 1. The third-order valence-electron chi connectivity index (χ3n) is 3.63. The summed E-state index contributed by atoms with van der Waals surface area (Å²) in [6, 6.07) is 4.35. The van der Waals surface area contributed by atoms with Crippen LogP contribution in [-0.4, -0.2) is 47.3 Å². The van der Waals surface area contributed by atoms with Crippen LogP contribution in [0.5, 0.6) is 0 Å². The van der Waals surface area contributed by atoms with Crippen LogP contribution in [0, 0.1) is 0 Å². The summed E-state index contributed by atoms with van der Waals surface area (Å²) in [5.74, 6) is 1.02. The molecule has 0 bridgehead atoms. The summed E-state index contributed by atoms with van der Waals surface area (Å²) in [4.78, 5) is 6.84. The van der Waals surface area contributed by atoms with Crippen LogP contribution in [0.3, 0.4) is 0 Å². The minimum Gasteiger partial charge on any atom is -0.396 e. The zero-order valence-corrected chi connectivity index (χ0v) is 11.0.